The highest BCUT2D eigenvalue weighted by Crippen LogP contribution is 1.99. The van der Waals surface area contributed by atoms with Crippen LogP contribution in [0.2, 0.25) is 0 Å². The van der Waals surface area contributed by atoms with Crippen LogP contribution in [0.15, 0.2) is 0 Å². The summed E-state index contributed by atoms with van der Waals surface area (Å²) in [5.74, 6) is 0. The average molecular weight is 183 g/mol. The van der Waals surface area contributed by atoms with Crippen LogP contribution in [-0.2, 0) is 9.47 Å². The van der Waals surface area contributed by atoms with Crippen LogP contribution in [0.3, 0.4) is 0 Å². The predicted octanol–water partition coefficient (Wildman–Crippen LogP) is 1.39. The summed E-state index contributed by atoms with van der Waals surface area (Å²) in [7, 11) is 1.65. The minimum Gasteiger partial charge on any atom is -0.381 e. The molecule has 0 rings (SSSR count). The van der Waals surface area contributed by atoms with E-state index >= 15 is 0 Å². The minimum absolute atomic E-state index is 0.0532. The molecule has 0 aromatic heterocycles. The van der Waals surface area contributed by atoms with Crippen molar-refractivity contribution < 1.29 is 9.47 Å². The highest BCUT2D eigenvalue weighted by molar-refractivity contribution is 9.09. The summed E-state index contributed by atoms with van der Waals surface area (Å²) in [6, 6.07) is 0. The second-order valence-electron chi connectivity index (χ2n) is 1.32. The van der Waals surface area contributed by atoms with Gasteiger partial charge < -0.3 is 9.47 Å². The Morgan fingerprint density at radius 2 is 2.25 bits per heavy atom. The molecule has 8 heavy (non-hydrogen) atoms. The van der Waals surface area contributed by atoms with E-state index in [1.807, 2.05) is 6.92 Å². The first kappa shape index (κ1) is 8.40. The molecule has 3 heteroatoms. The monoisotopic (exact) mass is 182 g/mol. The topological polar surface area (TPSA) is 18.5 Å². The zero-order valence-corrected chi connectivity index (χ0v) is 6.77. The molecule has 0 saturated carbocycles. The number of hydrogen-bond donors (Lipinski definition) is 0. The van der Waals surface area contributed by atoms with Gasteiger partial charge in [-0.1, -0.05) is 15.9 Å². The maximum Gasteiger partial charge on any atom is 0.135 e. The van der Waals surface area contributed by atoms with Crippen LogP contribution in [0, 0.1) is 0 Å². The molecule has 0 heterocycles. The first-order chi connectivity index (χ1) is 3.81. The number of hydrogen-bond acceptors (Lipinski definition) is 2. The molecule has 0 aromatic carbocycles. The summed E-state index contributed by atoms with van der Waals surface area (Å²) in [6.45, 7) is 3.27. The van der Waals surface area contributed by atoms with E-state index in [-0.39, 0.29) is 5.01 Å². The fourth-order valence-electron chi connectivity index (χ4n) is 0.360. The highest BCUT2D eigenvalue weighted by atomic mass is 79.9. The summed E-state index contributed by atoms with van der Waals surface area (Å²) in [4.78, 5) is 0. The van der Waals surface area contributed by atoms with Gasteiger partial charge in [0.25, 0.3) is 0 Å². The zero-order valence-electron chi connectivity index (χ0n) is 5.19. The van der Waals surface area contributed by atoms with Gasteiger partial charge in [-0.2, -0.15) is 0 Å². The predicted molar refractivity (Wildman–Crippen MR) is 36.2 cm³/mol. The summed E-state index contributed by atoms with van der Waals surface area (Å²) in [5.41, 5.74) is 0. The van der Waals surface area contributed by atoms with E-state index in [2.05, 4.69) is 15.9 Å². The molecule has 1 atom stereocenters. The number of alkyl halides is 1. The highest BCUT2D eigenvalue weighted by Gasteiger charge is 1.98. The van der Waals surface area contributed by atoms with Gasteiger partial charge in [0.15, 0.2) is 0 Å². The van der Waals surface area contributed by atoms with Crippen molar-refractivity contribution in [1.82, 2.24) is 0 Å². The Morgan fingerprint density at radius 1 is 1.62 bits per heavy atom. The van der Waals surface area contributed by atoms with Crippen molar-refractivity contribution in [3.05, 3.63) is 0 Å². The van der Waals surface area contributed by atoms with Gasteiger partial charge in [-0.25, -0.2) is 0 Å². The van der Waals surface area contributed by atoms with E-state index < -0.39 is 0 Å². The molecule has 2 nitrogen and oxygen atoms in total. The molecule has 50 valence electrons. The van der Waals surface area contributed by atoms with Crippen molar-refractivity contribution in [2.75, 3.05) is 20.3 Å². The molecule has 0 bridgehead atoms. The van der Waals surface area contributed by atoms with Crippen LogP contribution >= 0.6 is 15.9 Å². The van der Waals surface area contributed by atoms with E-state index in [0.29, 0.717) is 6.61 Å². The van der Waals surface area contributed by atoms with Crippen LogP contribution in [0.25, 0.3) is 0 Å². The van der Waals surface area contributed by atoms with Gasteiger partial charge in [-0.05, 0) is 6.92 Å². The van der Waals surface area contributed by atoms with Gasteiger partial charge in [0, 0.05) is 13.7 Å². The molecule has 0 N–H and O–H groups in total. The number of ether oxygens (including phenoxy) is 2. The van der Waals surface area contributed by atoms with E-state index in [1.54, 1.807) is 7.11 Å². The largest absolute Gasteiger partial charge is 0.381 e. The quantitative estimate of drug-likeness (QED) is 0.613. The first-order valence-electron chi connectivity index (χ1n) is 2.55. The Balaban J connectivity index is 2.92. The first-order valence-corrected chi connectivity index (χ1v) is 3.47. The van der Waals surface area contributed by atoms with Gasteiger partial charge in [0.2, 0.25) is 0 Å². The van der Waals surface area contributed by atoms with Crippen LogP contribution < -0.4 is 0 Å². The van der Waals surface area contributed by atoms with Gasteiger partial charge in [-0.3, -0.25) is 0 Å². The lowest BCUT2D eigenvalue weighted by Crippen LogP contribution is -2.10. The van der Waals surface area contributed by atoms with Crippen LogP contribution in [0.5, 0.6) is 0 Å². The van der Waals surface area contributed by atoms with Crippen molar-refractivity contribution >= 4 is 15.9 Å². The van der Waals surface area contributed by atoms with E-state index in [0.717, 1.165) is 6.61 Å². The molecule has 0 fully saturated rings. The molecule has 0 radical (unpaired) electrons. The second-order valence-corrected chi connectivity index (χ2v) is 2.34. The summed E-state index contributed by atoms with van der Waals surface area (Å²) >= 11 is 3.25. The van der Waals surface area contributed by atoms with Gasteiger partial charge in [-0.15, -0.1) is 0 Å². The molecule has 0 aliphatic rings. The van der Waals surface area contributed by atoms with Crippen LogP contribution in [-0.4, -0.2) is 25.3 Å². The third kappa shape index (κ3) is 4.56. The lowest BCUT2D eigenvalue weighted by Gasteiger charge is -2.06. The molecule has 0 aliphatic heterocycles. The summed E-state index contributed by atoms with van der Waals surface area (Å²) in [6.07, 6.45) is 0. The minimum atomic E-state index is 0.0532. The van der Waals surface area contributed by atoms with Crippen molar-refractivity contribution in [1.29, 1.82) is 0 Å². The molecule has 0 aromatic rings. The van der Waals surface area contributed by atoms with Crippen molar-refractivity contribution in [2.45, 2.75) is 11.9 Å². The average Bonchev–Trinajstić information content (AvgIpc) is 1.68. The van der Waals surface area contributed by atoms with Crippen LogP contribution in [0.1, 0.15) is 6.92 Å². The molecule has 0 aliphatic carbocycles. The zero-order chi connectivity index (χ0) is 6.41. The Morgan fingerprint density at radius 3 is 2.62 bits per heavy atom. The molecule has 1 unspecified atom stereocenters. The SMILES string of the molecule is CCOC(Br)COC. The maximum atomic E-state index is 5.07. The van der Waals surface area contributed by atoms with Crippen molar-refractivity contribution in [3.8, 4) is 0 Å². The molecular formula is C5H11BrO2. The van der Waals surface area contributed by atoms with E-state index in [9.17, 15) is 0 Å². The van der Waals surface area contributed by atoms with E-state index in [1.165, 1.54) is 0 Å². The fraction of sp³-hybridized carbons (Fsp3) is 1.00. The maximum absolute atomic E-state index is 5.07. The van der Waals surface area contributed by atoms with E-state index in [4.69, 9.17) is 9.47 Å². The van der Waals surface area contributed by atoms with Gasteiger partial charge in [0.1, 0.15) is 5.01 Å². The lowest BCUT2D eigenvalue weighted by molar-refractivity contribution is 0.0600. The molecular weight excluding hydrogens is 172 g/mol. The van der Waals surface area contributed by atoms with Crippen LogP contribution in [0.4, 0.5) is 0 Å². The number of methoxy groups -OCH3 is 1. The summed E-state index contributed by atoms with van der Waals surface area (Å²) < 4.78 is 9.86. The van der Waals surface area contributed by atoms with Gasteiger partial charge >= 0.3 is 0 Å². The third-order valence-corrected chi connectivity index (χ3v) is 1.17. The second kappa shape index (κ2) is 5.54. The fourth-order valence-corrected chi connectivity index (χ4v) is 0.889. The van der Waals surface area contributed by atoms with Crippen molar-refractivity contribution in [2.24, 2.45) is 0 Å². The molecule has 0 amide bonds. The number of halogens is 1. The Bertz CT molecular complexity index is 43.7. The lowest BCUT2D eigenvalue weighted by atomic mass is 10.7. The Kier molecular flexibility index (Phi) is 5.81. The Labute approximate surface area is 58.3 Å². The number of rotatable bonds is 4. The molecule has 0 saturated heterocycles. The van der Waals surface area contributed by atoms with Gasteiger partial charge in [0.05, 0.1) is 6.61 Å². The smallest absolute Gasteiger partial charge is 0.135 e. The normalized spacial score (nSPS) is 13.9. The summed E-state index contributed by atoms with van der Waals surface area (Å²) in [5, 5.41) is 0.0532. The standard InChI is InChI=1S/C5H11BrO2/c1-3-8-5(6)4-7-2/h5H,3-4H2,1-2H3. The molecule has 0 spiro atoms. The third-order valence-electron chi connectivity index (χ3n) is 0.645. The Hall–Kier alpha value is 0.400. The van der Waals surface area contributed by atoms with Crippen molar-refractivity contribution in [3.63, 3.8) is 0 Å².